The molecular formula is C14H19NO3. The van der Waals surface area contributed by atoms with Crippen molar-refractivity contribution in [2.45, 2.75) is 19.9 Å². The smallest absolute Gasteiger partial charge is 0.231 e. The number of rotatable bonds is 3. The van der Waals surface area contributed by atoms with Crippen molar-refractivity contribution in [1.29, 1.82) is 0 Å². The molecule has 1 aromatic rings. The quantitative estimate of drug-likeness (QED) is 0.882. The Labute approximate surface area is 107 Å². The fourth-order valence-electron chi connectivity index (χ4n) is 2.70. The van der Waals surface area contributed by atoms with Crippen molar-refractivity contribution >= 4 is 0 Å². The molecule has 4 nitrogen and oxygen atoms in total. The Morgan fingerprint density at radius 3 is 2.83 bits per heavy atom. The monoisotopic (exact) mass is 249 g/mol. The van der Waals surface area contributed by atoms with Gasteiger partial charge in [-0.15, -0.1) is 0 Å². The molecule has 3 rings (SSSR count). The molecule has 1 saturated heterocycles. The van der Waals surface area contributed by atoms with E-state index in [4.69, 9.17) is 14.6 Å². The number of benzene rings is 1. The maximum atomic E-state index is 9.17. The number of ether oxygens (including phenoxy) is 2. The van der Waals surface area contributed by atoms with Gasteiger partial charge in [-0.25, -0.2) is 0 Å². The number of aliphatic hydroxyl groups excluding tert-OH is 1. The van der Waals surface area contributed by atoms with E-state index < -0.39 is 0 Å². The summed E-state index contributed by atoms with van der Waals surface area (Å²) in [6.07, 6.45) is 1.10. The first-order valence-corrected chi connectivity index (χ1v) is 6.48. The SMILES string of the molecule is Cc1cc2c(cc1CN1CC[C@H](CO)C1)OCO2. The molecule has 0 unspecified atom stereocenters. The van der Waals surface area contributed by atoms with Crippen LogP contribution in [0.2, 0.25) is 0 Å². The number of hydrogen-bond acceptors (Lipinski definition) is 4. The first kappa shape index (κ1) is 11.8. The molecule has 2 heterocycles. The summed E-state index contributed by atoms with van der Waals surface area (Å²) in [5.74, 6) is 2.15. The van der Waals surface area contributed by atoms with Crippen molar-refractivity contribution in [1.82, 2.24) is 4.90 Å². The third kappa shape index (κ3) is 2.18. The van der Waals surface area contributed by atoms with Gasteiger partial charge >= 0.3 is 0 Å². The molecule has 0 amide bonds. The van der Waals surface area contributed by atoms with Crippen LogP contribution in [0, 0.1) is 12.8 Å². The molecule has 0 spiro atoms. The highest BCUT2D eigenvalue weighted by Gasteiger charge is 2.23. The highest BCUT2D eigenvalue weighted by molar-refractivity contribution is 5.48. The van der Waals surface area contributed by atoms with Crippen molar-refractivity contribution in [2.75, 3.05) is 26.5 Å². The third-order valence-corrected chi connectivity index (χ3v) is 3.85. The molecule has 98 valence electrons. The van der Waals surface area contributed by atoms with Gasteiger partial charge in [0.25, 0.3) is 0 Å². The van der Waals surface area contributed by atoms with Gasteiger partial charge in [0.15, 0.2) is 11.5 Å². The molecule has 1 aromatic carbocycles. The Hall–Kier alpha value is -1.26. The Kier molecular flexibility index (Phi) is 3.14. The zero-order valence-electron chi connectivity index (χ0n) is 10.7. The standard InChI is InChI=1S/C14H19NO3/c1-10-4-13-14(18-9-17-13)5-12(10)7-15-3-2-11(6-15)8-16/h4-5,11,16H,2-3,6-9H2,1H3/t11-/m0/s1. The Balaban J connectivity index is 1.73. The lowest BCUT2D eigenvalue weighted by Crippen LogP contribution is -2.21. The summed E-state index contributed by atoms with van der Waals surface area (Å²) in [4.78, 5) is 2.39. The Morgan fingerprint density at radius 2 is 2.11 bits per heavy atom. The molecule has 18 heavy (non-hydrogen) atoms. The van der Waals surface area contributed by atoms with Gasteiger partial charge in [0.2, 0.25) is 6.79 Å². The molecule has 2 aliphatic heterocycles. The molecule has 0 radical (unpaired) electrons. The van der Waals surface area contributed by atoms with E-state index in [1.165, 1.54) is 11.1 Å². The summed E-state index contributed by atoms with van der Waals surface area (Å²) >= 11 is 0. The number of fused-ring (bicyclic) bond motifs is 1. The van der Waals surface area contributed by atoms with Crippen LogP contribution < -0.4 is 9.47 Å². The minimum absolute atomic E-state index is 0.302. The highest BCUT2D eigenvalue weighted by atomic mass is 16.7. The fourth-order valence-corrected chi connectivity index (χ4v) is 2.70. The van der Waals surface area contributed by atoms with Gasteiger partial charge in [0.05, 0.1) is 0 Å². The predicted molar refractivity (Wildman–Crippen MR) is 67.8 cm³/mol. The van der Waals surface area contributed by atoms with Crippen molar-refractivity contribution in [2.24, 2.45) is 5.92 Å². The average molecular weight is 249 g/mol. The highest BCUT2D eigenvalue weighted by Crippen LogP contribution is 2.35. The van der Waals surface area contributed by atoms with E-state index in [0.29, 0.717) is 19.3 Å². The van der Waals surface area contributed by atoms with E-state index in [-0.39, 0.29) is 0 Å². The van der Waals surface area contributed by atoms with Crippen LogP contribution >= 0.6 is 0 Å². The van der Waals surface area contributed by atoms with Gasteiger partial charge in [-0.1, -0.05) is 0 Å². The van der Waals surface area contributed by atoms with Crippen LogP contribution in [-0.2, 0) is 6.54 Å². The summed E-state index contributed by atoms with van der Waals surface area (Å²) < 4.78 is 10.8. The fraction of sp³-hybridized carbons (Fsp3) is 0.571. The van der Waals surface area contributed by atoms with E-state index in [1.807, 2.05) is 0 Å². The lowest BCUT2D eigenvalue weighted by Gasteiger charge is -2.17. The number of likely N-dealkylation sites (tertiary alicyclic amines) is 1. The molecule has 0 aromatic heterocycles. The van der Waals surface area contributed by atoms with Crippen molar-refractivity contribution < 1.29 is 14.6 Å². The first-order chi connectivity index (χ1) is 8.76. The van der Waals surface area contributed by atoms with E-state index in [0.717, 1.165) is 37.6 Å². The Bertz CT molecular complexity index is 447. The maximum Gasteiger partial charge on any atom is 0.231 e. The molecule has 1 atom stereocenters. The van der Waals surface area contributed by atoms with Crippen LogP contribution in [0.15, 0.2) is 12.1 Å². The summed E-state index contributed by atoms with van der Waals surface area (Å²) in [7, 11) is 0. The van der Waals surface area contributed by atoms with E-state index in [1.54, 1.807) is 0 Å². The number of aryl methyl sites for hydroxylation is 1. The summed E-state index contributed by atoms with van der Waals surface area (Å²) in [5.41, 5.74) is 2.53. The van der Waals surface area contributed by atoms with Crippen LogP contribution in [-0.4, -0.2) is 36.5 Å². The lowest BCUT2D eigenvalue weighted by molar-refractivity contribution is 0.174. The Morgan fingerprint density at radius 1 is 1.33 bits per heavy atom. The maximum absolute atomic E-state index is 9.17. The molecule has 1 N–H and O–H groups in total. The molecule has 4 heteroatoms. The molecular weight excluding hydrogens is 230 g/mol. The lowest BCUT2D eigenvalue weighted by atomic mass is 10.1. The number of aliphatic hydroxyl groups is 1. The van der Waals surface area contributed by atoms with Crippen LogP contribution in [0.5, 0.6) is 11.5 Å². The van der Waals surface area contributed by atoms with E-state index >= 15 is 0 Å². The molecule has 2 aliphatic rings. The number of hydrogen-bond donors (Lipinski definition) is 1. The van der Waals surface area contributed by atoms with Crippen LogP contribution in [0.4, 0.5) is 0 Å². The predicted octanol–water partition coefficient (Wildman–Crippen LogP) is 1.54. The topological polar surface area (TPSA) is 41.9 Å². The first-order valence-electron chi connectivity index (χ1n) is 6.48. The van der Waals surface area contributed by atoms with Crippen LogP contribution in [0.3, 0.4) is 0 Å². The summed E-state index contributed by atoms with van der Waals surface area (Å²) in [5, 5.41) is 9.17. The second-order valence-corrected chi connectivity index (χ2v) is 5.20. The van der Waals surface area contributed by atoms with Gasteiger partial charge in [-0.05, 0) is 49.1 Å². The third-order valence-electron chi connectivity index (χ3n) is 3.85. The van der Waals surface area contributed by atoms with Crippen molar-refractivity contribution in [3.63, 3.8) is 0 Å². The zero-order valence-corrected chi connectivity index (χ0v) is 10.7. The molecule has 0 saturated carbocycles. The van der Waals surface area contributed by atoms with Crippen LogP contribution in [0.1, 0.15) is 17.5 Å². The average Bonchev–Trinajstić information content (AvgIpc) is 2.98. The molecule has 1 fully saturated rings. The second-order valence-electron chi connectivity index (χ2n) is 5.20. The normalized spacial score (nSPS) is 22.7. The van der Waals surface area contributed by atoms with Gasteiger partial charge in [-0.3, -0.25) is 4.90 Å². The summed E-state index contributed by atoms with van der Waals surface area (Å²) in [6, 6.07) is 4.14. The molecule has 0 bridgehead atoms. The van der Waals surface area contributed by atoms with Gasteiger partial charge in [-0.2, -0.15) is 0 Å². The second kappa shape index (κ2) is 4.78. The largest absolute Gasteiger partial charge is 0.454 e. The van der Waals surface area contributed by atoms with E-state index in [2.05, 4.69) is 24.0 Å². The summed E-state index contributed by atoms with van der Waals surface area (Å²) in [6.45, 7) is 5.73. The number of nitrogens with zero attached hydrogens (tertiary/aromatic N) is 1. The van der Waals surface area contributed by atoms with Crippen molar-refractivity contribution in [3.8, 4) is 11.5 Å². The zero-order chi connectivity index (χ0) is 12.5. The van der Waals surface area contributed by atoms with Gasteiger partial charge in [0.1, 0.15) is 0 Å². The van der Waals surface area contributed by atoms with Crippen LogP contribution in [0.25, 0.3) is 0 Å². The van der Waals surface area contributed by atoms with E-state index in [9.17, 15) is 0 Å². The minimum atomic E-state index is 0.302. The van der Waals surface area contributed by atoms with Gasteiger partial charge in [0, 0.05) is 19.7 Å². The molecule has 0 aliphatic carbocycles. The minimum Gasteiger partial charge on any atom is -0.454 e. The van der Waals surface area contributed by atoms with Gasteiger partial charge < -0.3 is 14.6 Å². The van der Waals surface area contributed by atoms with Crippen molar-refractivity contribution in [3.05, 3.63) is 23.3 Å².